The second kappa shape index (κ2) is 5.85. The summed E-state index contributed by atoms with van der Waals surface area (Å²) < 4.78 is 2.98. The van der Waals surface area contributed by atoms with Crippen LogP contribution in [-0.4, -0.2) is 0 Å². The Morgan fingerprint density at radius 3 is 2.38 bits per heavy atom. The molecule has 0 heterocycles. The van der Waals surface area contributed by atoms with Gasteiger partial charge in [0.15, 0.2) is 7.14 Å². The molecule has 1 heteroatoms. The molecule has 2 rings (SSSR count). The number of hydrogen-bond donors (Lipinski definition) is 0. The average molecular weight is 321 g/mol. The van der Waals surface area contributed by atoms with Gasteiger partial charge in [0.1, 0.15) is 0 Å². The molecule has 0 spiro atoms. The SMILES string of the molecule is C=CCc1ccccc1[I+]c1ccccc1. The lowest BCUT2D eigenvalue weighted by molar-refractivity contribution is -0.598. The van der Waals surface area contributed by atoms with Crippen LogP contribution in [0, 0.1) is 7.14 Å². The molecule has 0 aliphatic heterocycles. The predicted molar refractivity (Wildman–Crippen MR) is 64.2 cm³/mol. The Kier molecular flexibility index (Phi) is 4.17. The summed E-state index contributed by atoms with van der Waals surface area (Å²) in [6.45, 7) is 3.82. The molecule has 2 aromatic rings. The average Bonchev–Trinajstić information content (AvgIpc) is 2.33. The first-order valence-electron chi connectivity index (χ1n) is 5.29. The molecule has 2 aromatic carbocycles. The molecule has 16 heavy (non-hydrogen) atoms. The third-order valence-electron chi connectivity index (χ3n) is 2.27. The molecule has 0 aliphatic carbocycles. The zero-order valence-corrected chi connectivity index (χ0v) is 11.2. The Morgan fingerprint density at radius 2 is 1.62 bits per heavy atom. The van der Waals surface area contributed by atoms with Gasteiger partial charge in [-0.2, -0.15) is 0 Å². The van der Waals surface area contributed by atoms with E-state index < -0.39 is 0 Å². The molecule has 0 amide bonds. The number of rotatable bonds is 4. The summed E-state index contributed by atoms with van der Waals surface area (Å²) in [4.78, 5) is 0. The van der Waals surface area contributed by atoms with Gasteiger partial charge in [0, 0.05) is 5.56 Å². The van der Waals surface area contributed by atoms with E-state index in [1.54, 1.807) is 0 Å². The molecule has 0 radical (unpaired) electrons. The normalized spacial score (nSPS) is 10.0. The van der Waals surface area contributed by atoms with Crippen molar-refractivity contribution in [1.29, 1.82) is 0 Å². The van der Waals surface area contributed by atoms with Gasteiger partial charge in [0.2, 0.25) is 0 Å². The van der Waals surface area contributed by atoms with Crippen LogP contribution in [0.2, 0.25) is 0 Å². The van der Waals surface area contributed by atoms with Gasteiger partial charge in [-0.05, 0) is 24.6 Å². The molecular weight excluding hydrogens is 307 g/mol. The van der Waals surface area contributed by atoms with Crippen molar-refractivity contribution in [2.75, 3.05) is 0 Å². The van der Waals surface area contributed by atoms with Crippen LogP contribution in [0.5, 0.6) is 0 Å². The van der Waals surface area contributed by atoms with E-state index in [-0.39, 0.29) is 21.2 Å². The van der Waals surface area contributed by atoms with Crippen LogP contribution >= 0.6 is 0 Å². The van der Waals surface area contributed by atoms with Crippen molar-refractivity contribution in [3.05, 3.63) is 80.0 Å². The molecule has 0 bridgehead atoms. The van der Waals surface area contributed by atoms with E-state index in [4.69, 9.17) is 0 Å². The summed E-state index contributed by atoms with van der Waals surface area (Å²) in [5, 5.41) is 0. The van der Waals surface area contributed by atoms with Crippen molar-refractivity contribution < 1.29 is 21.2 Å². The standard InChI is InChI=1S/C15H14I/c1-2-8-13-9-6-7-12-15(13)16-14-10-4-3-5-11-14/h2-7,9-12H,1,8H2/q+1. The van der Waals surface area contributed by atoms with E-state index in [1.165, 1.54) is 12.7 Å². The lowest BCUT2D eigenvalue weighted by Crippen LogP contribution is -3.61. The summed E-state index contributed by atoms with van der Waals surface area (Å²) in [6.07, 6.45) is 2.95. The van der Waals surface area contributed by atoms with E-state index in [0.29, 0.717) is 0 Å². The van der Waals surface area contributed by atoms with Crippen molar-refractivity contribution in [1.82, 2.24) is 0 Å². The molecule has 0 saturated carbocycles. The van der Waals surface area contributed by atoms with Gasteiger partial charge >= 0.3 is 21.2 Å². The van der Waals surface area contributed by atoms with Crippen LogP contribution in [0.4, 0.5) is 0 Å². The largest absolute Gasteiger partial charge is 0.358 e. The Bertz CT molecular complexity index is 460. The van der Waals surface area contributed by atoms with E-state index in [9.17, 15) is 0 Å². The van der Waals surface area contributed by atoms with Crippen LogP contribution in [0.3, 0.4) is 0 Å². The fraction of sp³-hybridized carbons (Fsp3) is 0.0667. The summed E-state index contributed by atoms with van der Waals surface area (Å²) in [5.41, 5.74) is 1.43. The highest BCUT2D eigenvalue weighted by atomic mass is 127. The maximum absolute atomic E-state index is 3.82. The highest BCUT2D eigenvalue weighted by molar-refractivity contribution is 5.16. The van der Waals surface area contributed by atoms with Gasteiger partial charge in [-0.25, -0.2) is 0 Å². The highest BCUT2D eigenvalue weighted by Crippen LogP contribution is 2.00. The van der Waals surface area contributed by atoms with Gasteiger partial charge < -0.3 is 0 Å². The molecule has 0 fully saturated rings. The Labute approximate surface area is 107 Å². The molecule has 0 unspecified atom stereocenters. The first kappa shape index (κ1) is 11.4. The summed E-state index contributed by atoms with van der Waals surface area (Å²) in [7, 11) is 0. The van der Waals surface area contributed by atoms with Gasteiger partial charge in [-0.15, -0.1) is 6.58 Å². The maximum atomic E-state index is 3.82. The number of halogens is 1. The summed E-state index contributed by atoms with van der Waals surface area (Å²) in [5.74, 6) is 0. The molecule has 0 atom stereocenters. The number of hydrogen-bond acceptors (Lipinski definition) is 0. The molecule has 0 aliphatic rings. The fourth-order valence-corrected chi connectivity index (χ4v) is 4.09. The predicted octanol–water partition coefficient (Wildman–Crippen LogP) is 0.543. The van der Waals surface area contributed by atoms with E-state index in [2.05, 4.69) is 61.2 Å². The zero-order chi connectivity index (χ0) is 11.2. The minimum atomic E-state index is -0.0533. The van der Waals surface area contributed by atoms with Crippen molar-refractivity contribution in [3.8, 4) is 0 Å². The molecule has 0 aromatic heterocycles. The molecule has 0 nitrogen and oxygen atoms in total. The van der Waals surface area contributed by atoms with Gasteiger partial charge in [0.25, 0.3) is 0 Å². The van der Waals surface area contributed by atoms with Crippen molar-refractivity contribution in [3.63, 3.8) is 0 Å². The number of benzene rings is 2. The van der Waals surface area contributed by atoms with E-state index >= 15 is 0 Å². The van der Waals surface area contributed by atoms with E-state index in [1.807, 2.05) is 6.08 Å². The quantitative estimate of drug-likeness (QED) is 0.570. The molecular formula is C15H14I+. The first-order valence-corrected chi connectivity index (χ1v) is 7.44. The topological polar surface area (TPSA) is 0 Å². The minimum Gasteiger partial charge on any atom is -0.103 e. The van der Waals surface area contributed by atoms with Crippen molar-refractivity contribution >= 4 is 0 Å². The van der Waals surface area contributed by atoms with Crippen LogP contribution in [0.25, 0.3) is 0 Å². The lowest BCUT2D eigenvalue weighted by Gasteiger charge is -1.95. The maximum Gasteiger partial charge on any atom is 0.358 e. The Balaban J connectivity index is 2.24. The first-order chi connectivity index (χ1) is 7.90. The highest BCUT2D eigenvalue weighted by Gasteiger charge is 2.17. The van der Waals surface area contributed by atoms with Gasteiger partial charge in [-0.3, -0.25) is 0 Å². The summed E-state index contributed by atoms with van der Waals surface area (Å²) >= 11 is -0.0533. The smallest absolute Gasteiger partial charge is 0.103 e. The second-order valence-electron chi connectivity index (χ2n) is 3.47. The zero-order valence-electron chi connectivity index (χ0n) is 9.07. The molecule has 0 saturated heterocycles. The van der Waals surface area contributed by atoms with Gasteiger partial charge in [0.05, 0.1) is 0 Å². The van der Waals surface area contributed by atoms with Crippen LogP contribution in [0.1, 0.15) is 5.56 Å². The third-order valence-corrected chi connectivity index (χ3v) is 5.24. The van der Waals surface area contributed by atoms with Crippen molar-refractivity contribution in [2.24, 2.45) is 0 Å². The number of allylic oxidation sites excluding steroid dienone is 1. The lowest BCUT2D eigenvalue weighted by atomic mass is 10.2. The molecule has 0 N–H and O–H groups in total. The summed E-state index contributed by atoms with van der Waals surface area (Å²) in [6, 6.07) is 19.4. The van der Waals surface area contributed by atoms with Crippen molar-refractivity contribution in [2.45, 2.75) is 6.42 Å². The molecule has 80 valence electrons. The third kappa shape index (κ3) is 2.95. The fourth-order valence-electron chi connectivity index (χ4n) is 1.51. The monoisotopic (exact) mass is 321 g/mol. The van der Waals surface area contributed by atoms with Crippen LogP contribution in [-0.2, 0) is 6.42 Å². The Hall–Kier alpha value is -1.09. The van der Waals surface area contributed by atoms with Crippen LogP contribution < -0.4 is 21.2 Å². The van der Waals surface area contributed by atoms with Gasteiger partial charge in [-0.1, -0.05) is 42.5 Å². The van der Waals surface area contributed by atoms with Crippen LogP contribution in [0.15, 0.2) is 67.3 Å². The van der Waals surface area contributed by atoms with E-state index in [0.717, 1.165) is 6.42 Å². The second-order valence-corrected chi connectivity index (χ2v) is 6.42. The Morgan fingerprint density at radius 1 is 0.938 bits per heavy atom. The minimum absolute atomic E-state index is 0.0533.